The van der Waals surface area contributed by atoms with Gasteiger partial charge in [-0.3, -0.25) is 14.3 Å². The van der Waals surface area contributed by atoms with Gasteiger partial charge in [0.15, 0.2) is 0 Å². The van der Waals surface area contributed by atoms with Crippen molar-refractivity contribution in [3.05, 3.63) is 12.2 Å². The summed E-state index contributed by atoms with van der Waals surface area (Å²) in [6.45, 7) is -0.586. The van der Waals surface area contributed by atoms with Crippen LogP contribution in [0.25, 0.3) is 0 Å². The maximum absolute atomic E-state index is 13.7. The molecule has 1 spiro atoms. The number of aliphatic hydroxyl groups is 2. The van der Waals surface area contributed by atoms with Crippen LogP contribution >= 0.6 is 7.82 Å². The number of carbonyl (C=O) groups is 1. The largest absolute Gasteiger partial charge is 0.469 e. The first-order valence-corrected chi connectivity index (χ1v) is 13.1. The van der Waals surface area contributed by atoms with Gasteiger partial charge < -0.3 is 35.8 Å². The molecule has 12 heteroatoms. The molecule has 0 aliphatic carbocycles. The molecule has 3 fully saturated rings. The Hall–Kier alpha value is -1.33. The molecule has 7 atom stereocenters. The van der Waals surface area contributed by atoms with Gasteiger partial charge in [-0.2, -0.15) is 0 Å². The molecule has 3 saturated heterocycles. The van der Waals surface area contributed by atoms with Crippen LogP contribution in [0.1, 0.15) is 57.8 Å². The minimum absolute atomic E-state index is 0.0634. The summed E-state index contributed by atoms with van der Waals surface area (Å²) in [4.78, 5) is 36.4. The first-order chi connectivity index (χ1) is 15.5. The molecule has 0 aromatic rings. The van der Waals surface area contributed by atoms with Crippen LogP contribution in [0, 0.1) is 5.92 Å². The van der Waals surface area contributed by atoms with Gasteiger partial charge >= 0.3 is 7.82 Å². The van der Waals surface area contributed by atoms with E-state index >= 15 is 0 Å². The Morgan fingerprint density at radius 1 is 1.15 bits per heavy atom. The SMILES string of the molecule is NC1=NC23CCCCCCCC(C4OC(COP(=O)(O)O)C(O)C4O)(CC(C=C1)C2)NC3=O. The van der Waals surface area contributed by atoms with Gasteiger partial charge in [-0.15, -0.1) is 0 Å². The molecule has 11 nitrogen and oxygen atoms in total. The lowest BCUT2D eigenvalue weighted by atomic mass is 9.75. The second-order valence-electron chi connectivity index (χ2n) is 9.84. The molecular formula is C21H34N3O8P. The van der Waals surface area contributed by atoms with Crippen molar-refractivity contribution < 1.29 is 38.6 Å². The van der Waals surface area contributed by atoms with Crippen molar-refractivity contribution in [3.8, 4) is 0 Å². The van der Waals surface area contributed by atoms with E-state index < -0.39 is 49.9 Å². The van der Waals surface area contributed by atoms with Crippen LogP contribution in [-0.4, -0.2) is 73.8 Å². The Morgan fingerprint density at radius 3 is 2.58 bits per heavy atom. The van der Waals surface area contributed by atoms with Gasteiger partial charge in [0.1, 0.15) is 35.8 Å². The Bertz CT molecular complexity index is 862. The van der Waals surface area contributed by atoms with Crippen molar-refractivity contribution in [1.82, 2.24) is 5.32 Å². The number of allylic oxidation sites excluding steroid dienone is 1. The third-order valence-electron chi connectivity index (χ3n) is 7.42. The molecule has 186 valence electrons. The number of ether oxygens (including phenoxy) is 1. The first kappa shape index (κ1) is 24.8. The van der Waals surface area contributed by atoms with Crippen LogP contribution in [0.3, 0.4) is 0 Å². The number of nitrogens with one attached hydrogen (secondary N) is 1. The number of phosphoric ester groups is 1. The molecule has 0 aromatic heterocycles. The van der Waals surface area contributed by atoms with E-state index in [1.165, 1.54) is 0 Å². The molecule has 4 aliphatic heterocycles. The van der Waals surface area contributed by atoms with Crippen molar-refractivity contribution in [1.29, 1.82) is 0 Å². The van der Waals surface area contributed by atoms with Gasteiger partial charge in [0.25, 0.3) is 0 Å². The highest BCUT2D eigenvalue weighted by Gasteiger charge is 2.58. The highest BCUT2D eigenvalue weighted by molar-refractivity contribution is 7.46. The van der Waals surface area contributed by atoms with E-state index in [-0.39, 0.29) is 11.8 Å². The number of nitrogens with two attached hydrogens (primary N) is 1. The van der Waals surface area contributed by atoms with Crippen LogP contribution in [-0.2, 0) is 18.6 Å². The molecule has 7 N–H and O–H groups in total. The average molecular weight is 487 g/mol. The first-order valence-electron chi connectivity index (χ1n) is 11.6. The van der Waals surface area contributed by atoms with Gasteiger partial charge in [-0.05, 0) is 37.7 Å². The molecule has 0 radical (unpaired) electrons. The number of hydrogen-bond acceptors (Lipinski definition) is 8. The van der Waals surface area contributed by atoms with Gasteiger partial charge in [0.05, 0.1) is 12.1 Å². The predicted molar refractivity (Wildman–Crippen MR) is 118 cm³/mol. The number of amidine groups is 1. The van der Waals surface area contributed by atoms with Crippen molar-refractivity contribution in [2.24, 2.45) is 16.6 Å². The molecule has 4 aliphatic rings. The number of aliphatic hydroxyl groups excluding tert-OH is 2. The number of amides is 1. The van der Waals surface area contributed by atoms with E-state index in [1.54, 1.807) is 6.08 Å². The fourth-order valence-corrected chi connectivity index (χ4v) is 6.22. The number of rotatable bonds is 4. The number of fused-ring (bicyclic) bond motifs is 3. The van der Waals surface area contributed by atoms with Crippen LogP contribution in [0.4, 0.5) is 0 Å². The minimum Gasteiger partial charge on any atom is -0.388 e. The molecule has 7 unspecified atom stereocenters. The number of aliphatic imine (C=N–C) groups is 1. The monoisotopic (exact) mass is 487 g/mol. The molecule has 0 aromatic carbocycles. The Labute approximate surface area is 192 Å². The van der Waals surface area contributed by atoms with E-state index in [0.717, 1.165) is 32.1 Å². The quantitative estimate of drug-likeness (QED) is 0.303. The zero-order valence-electron chi connectivity index (χ0n) is 18.5. The van der Waals surface area contributed by atoms with Crippen molar-refractivity contribution >= 4 is 19.6 Å². The van der Waals surface area contributed by atoms with Crippen molar-refractivity contribution in [3.63, 3.8) is 0 Å². The number of hydrogen-bond donors (Lipinski definition) is 6. The lowest BCUT2D eigenvalue weighted by Crippen LogP contribution is -2.62. The van der Waals surface area contributed by atoms with Gasteiger partial charge in [-0.25, -0.2) is 4.57 Å². The Balaban J connectivity index is 1.69. The fourth-order valence-electron chi connectivity index (χ4n) is 5.88. The average Bonchev–Trinajstić information content (AvgIpc) is 2.86. The third kappa shape index (κ3) is 5.19. The third-order valence-corrected chi connectivity index (χ3v) is 7.91. The van der Waals surface area contributed by atoms with Crippen LogP contribution in [0.15, 0.2) is 17.1 Å². The summed E-state index contributed by atoms with van der Waals surface area (Å²) in [7, 11) is -4.78. The topological polar surface area (TPSA) is 184 Å². The van der Waals surface area contributed by atoms with Gasteiger partial charge in [-0.1, -0.05) is 38.2 Å². The molecule has 1 amide bonds. The zero-order chi connectivity index (χ0) is 23.9. The fraction of sp³-hybridized carbons (Fsp3) is 0.810. The smallest absolute Gasteiger partial charge is 0.388 e. The summed E-state index contributed by atoms with van der Waals surface area (Å²) in [5, 5.41) is 24.7. The second-order valence-corrected chi connectivity index (χ2v) is 11.1. The lowest BCUT2D eigenvalue weighted by molar-refractivity contribution is -0.132. The summed E-state index contributed by atoms with van der Waals surface area (Å²) in [5.41, 5.74) is 4.07. The zero-order valence-corrected chi connectivity index (χ0v) is 19.4. The second kappa shape index (κ2) is 9.37. The maximum Gasteiger partial charge on any atom is 0.469 e. The summed E-state index contributed by atoms with van der Waals surface area (Å²) >= 11 is 0. The molecule has 0 saturated carbocycles. The summed E-state index contributed by atoms with van der Waals surface area (Å²) < 4.78 is 21.6. The van der Waals surface area contributed by atoms with Crippen molar-refractivity contribution in [2.75, 3.05) is 6.61 Å². The Morgan fingerprint density at radius 2 is 1.85 bits per heavy atom. The lowest BCUT2D eigenvalue weighted by Gasteiger charge is -2.41. The van der Waals surface area contributed by atoms with E-state index in [0.29, 0.717) is 31.5 Å². The standard InChI is InChI=1S/C21H34N3O8P/c22-15-7-6-13-10-20(18-17(26)16(25)14(32-18)12-31-33(28,29)30)8-4-2-1-3-5-9-21(11-13,23-15)19(27)24-20/h6-7,13-14,16-18,25-26H,1-5,8-12H2,(H2,22,23)(H,24,27)(H2,28,29,30). The maximum atomic E-state index is 13.7. The van der Waals surface area contributed by atoms with Crippen LogP contribution in [0.2, 0.25) is 0 Å². The van der Waals surface area contributed by atoms with Crippen molar-refractivity contribution in [2.45, 2.75) is 93.3 Å². The summed E-state index contributed by atoms with van der Waals surface area (Å²) in [6.07, 6.45) is 5.41. The van der Waals surface area contributed by atoms with Gasteiger partial charge in [0.2, 0.25) is 5.91 Å². The van der Waals surface area contributed by atoms with Crippen LogP contribution in [0.5, 0.6) is 0 Å². The Kier molecular flexibility index (Phi) is 7.04. The number of phosphoric acid groups is 1. The number of nitrogens with zero attached hydrogens (tertiary/aromatic N) is 1. The van der Waals surface area contributed by atoms with E-state index in [4.69, 9.17) is 20.3 Å². The highest BCUT2D eigenvalue weighted by Crippen LogP contribution is 2.45. The van der Waals surface area contributed by atoms with Gasteiger partial charge in [0, 0.05) is 0 Å². The molecule has 4 rings (SSSR count). The minimum atomic E-state index is -4.78. The van der Waals surface area contributed by atoms with Crippen LogP contribution < -0.4 is 11.1 Å². The molecule has 4 heterocycles. The summed E-state index contributed by atoms with van der Waals surface area (Å²) in [5.74, 6) is -0.0116. The molecule has 33 heavy (non-hydrogen) atoms. The molecule has 3 bridgehead atoms. The normalized spacial score (nSPS) is 42.1. The predicted octanol–water partition coefficient (Wildman–Crippen LogP) is 0.260. The van der Waals surface area contributed by atoms with E-state index in [9.17, 15) is 19.6 Å². The van der Waals surface area contributed by atoms with E-state index in [2.05, 4.69) is 14.8 Å². The summed E-state index contributed by atoms with van der Waals surface area (Å²) in [6, 6.07) is 0. The number of carbonyl (C=O) groups excluding carboxylic acids is 1. The highest BCUT2D eigenvalue weighted by atomic mass is 31.2. The van der Waals surface area contributed by atoms with E-state index in [1.807, 2.05) is 6.08 Å². The molecular weight excluding hydrogens is 453 g/mol.